The van der Waals surface area contributed by atoms with Crippen LogP contribution in [0.15, 0.2) is 29.5 Å². The van der Waals surface area contributed by atoms with E-state index >= 15 is 0 Å². The van der Waals surface area contributed by atoms with Crippen molar-refractivity contribution in [1.82, 2.24) is 4.98 Å². The van der Waals surface area contributed by atoms with Gasteiger partial charge in [0.05, 0.1) is 16.9 Å². The molecule has 0 saturated carbocycles. The van der Waals surface area contributed by atoms with E-state index in [1.807, 2.05) is 39.8 Å². The minimum atomic E-state index is -0.431. The maximum absolute atomic E-state index is 6.12. The van der Waals surface area contributed by atoms with Crippen LogP contribution in [-0.2, 0) is 14.0 Å². The van der Waals surface area contributed by atoms with Crippen LogP contribution < -0.4 is 11.2 Å². The molecule has 0 amide bonds. The van der Waals surface area contributed by atoms with Crippen LogP contribution >= 0.6 is 0 Å². The summed E-state index contributed by atoms with van der Waals surface area (Å²) in [7, 11) is -0.431. The number of aliphatic imine (C=N–C) groups is 1. The second-order valence-electron chi connectivity index (χ2n) is 7.78. The summed E-state index contributed by atoms with van der Waals surface area (Å²) in [4.78, 5) is 8.93. The van der Waals surface area contributed by atoms with Crippen LogP contribution in [0.25, 0.3) is 5.57 Å². The molecule has 0 radical (unpaired) electrons. The highest BCUT2D eigenvalue weighted by molar-refractivity contribution is 6.62. The van der Waals surface area contributed by atoms with Gasteiger partial charge in [-0.25, -0.2) is 0 Å². The standard InChI is InChI=1S/C19H28BN3O3/c1-18(2)19(3,4)26-20(25-18)15-8-9-22-16(11-15)14(12-21)13-23-17-7-5-6-10-24-17/h8-9,11-13,17H,5-7,10,21H2,1-4H3. The van der Waals surface area contributed by atoms with Gasteiger partial charge in [-0.1, -0.05) is 0 Å². The summed E-state index contributed by atoms with van der Waals surface area (Å²) in [5.74, 6) is 0. The first-order chi connectivity index (χ1) is 12.3. The Morgan fingerprint density at radius 1 is 1.27 bits per heavy atom. The normalized spacial score (nSPS) is 25.8. The smallest absolute Gasteiger partial charge is 0.404 e. The number of aromatic nitrogens is 1. The number of nitrogens with zero attached hydrogens (tertiary/aromatic N) is 2. The van der Waals surface area contributed by atoms with E-state index in [1.54, 1.807) is 12.4 Å². The van der Waals surface area contributed by atoms with Crippen molar-refractivity contribution in [3.8, 4) is 0 Å². The van der Waals surface area contributed by atoms with E-state index in [0.29, 0.717) is 0 Å². The van der Waals surface area contributed by atoms with E-state index in [9.17, 15) is 0 Å². The molecular weight excluding hydrogens is 329 g/mol. The van der Waals surface area contributed by atoms with Crippen LogP contribution in [0.4, 0.5) is 0 Å². The molecule has 2 saturated heterocycles. The Kier molecular flexibility index (Phi) is 5.51. The van der Waals surface area contributed by atoms with E-state index in [1.165, 1.54) is 6.20 Å². The number of hydrogen-bond acceptors (Lipinski definition) is 6. The van der Waals surface area contributed by atoms with Crippen molar-refractivity contribution in [1.29, 1.82) is 0 Å². The monoisotopic (exact) mass is 357 g/mol. The van der Waals surface area contributed by atoms with Gasteiger partial charge in [0.15, 0.2) is 0 Å². The third-order valence-electron chi connectivity index (χ3n) is 5.32. The predicted molar refractivity (Wildman–Crippen MR) is 104 cm³/mol. The van der Waals surface area contributed by atoms with Gasteiger partial charge >= 0.3 is 7.12 Å². The Balaban J connectivity index is 1.77. The molecule has 1 aromatic rings. The lowest BCUT2D eigenvalue weighted by atomic mass is 9.79. The maximum atomic E-state index is 6.12. The first kappa shape index (κ1) is 19.1. The second kappa shape index (κ2) is 7.51. The number of hydrogen-bond donors (Lipinski definition) is 1. The highest BCUT2D eigenvalue weighted by Gasteiger charge is 2.51. The zero-order valence-electron chi connectivity index (χ0n) is 16.1. The van der Waals surface area contributed by atoms with Crippen LogP contribution in [0.1, 0.15) is 52.7 Å². The van der Waals surface area contributed by atoms with Crippen molar-refractivity contribution in [3.05, 3.63) is 30.2 Å². The molecule has 140 valence electrons. The molecule has 2 aliphatic heterocycles. The van der Waals surface area contributed by atoms with Crippen LogP contribution in [0.3, 0.4) is 0 Å². The van der Waals surface area contributed by atoms with E-state index in [0.717, 1.165) is 42.6 Å². The maximum Gasteiger partial charge on any atom is 0.494 e. The van der Waals surface area contributed by atoms with Crippen molar-refractivity contribution in [2.75, 3.05) is 6.61 Å². The predicted octanol–water partition coefficient (Wildman–Crippen LogP) is 2.28. The molecule has 2 aliphatic rings. The van der Waals surface area contributed by atoms with Crippen molar-refractivity contribution in [2.45, 2.75) is 64.4 Å². The van der Waals surface area contributed by atoms with Crippen molar-refractivity contribution in [2.24, 2.45) is 10.7 Å². The Labute approximate surface area is 156 Å². The van der Waals surface area contributed by atoms with Gasteiger partial charge in [0.25, 0.3) is 0 Å². The summed E-state index contributed by atoms with van der Waals surface area (Å²) >= 11 is 0. The molecule has 0 bridgehead atoms. The molecular formula is C19H28BN3O3. The number of rotatable bonds is 4. The first-order valence-electron chi connectivity index (χ1n) is 9.21. The van der Waals surface area contributed by atoms with Gasteiger partial charge in [-0.3, -0.25) is 9.98 Å². The lowest BCUT2D eigenvalue weighted by Crippen LogP contribution is -2.41. The molecule has 0 aromatic carbocycles. The number of pyridine rings is 1. The summed E-state index contributed by atoms with van der Waals surface area (Å²) in [6, 6.07) is 3.84. The number of nitrogens with two attached hydrogens (primary N) is 1. The largest absolute Gasteiger partial charge is 0.494 e. The minimum absolute atomic E-state index is 0.0926. The van der Waals surface area contributed by atoms with Gasteiger partial charge < -0.3 is 19.8 Å². The Bertz CT molecular complexity index is 681. The minimum Gasteiger partial charge on any atom is -0.404 e. The molecule has 0 spiro atoms. The average Bonchev–Trinajstić information content (AvgIpc) is 2.84. The summed E-state index contributed by atoms with van der Waals surface area (Å²) in [6.45, 7) is 8.92. The van der Waals surface area contributed by atoms with Gasteiger partial charge in [-0.05, 0) is 64.6 Å². The Morgan fingerprint density at radius 2 is 2.00 bits per heavy atom. The van der Waals surface area contributed by atoms with E-state index < -0.39 is 7.12 Å². The van der Waals surface area contributed by atoms with Crippen molar-refractivity contribution < 1.29 is 14.0 Å². The molecule has 6 nitrogen and oxygen atoms in total. The quantitative estimate of drug-likeness (QED) is 0.661. The van der Waals surface area contributed by atoms with Crippen LogP contribution in [0, 0.1) is 0 Å². The Morgan fingerprint density at radius 3 is 2.62 bits per heavy atom. The molecule has 7 heteroatoms. The average molecular weight is 357 g/mol. The molecule has 0 aliphatic carbocycles. The van der Waals surface area contributed by atoms with Gasteiger partial charge in [-0.15, -0.1) is 0 Å². The van der Waals surface area contributed by atoms with Gasteiger partial charge in [0.2, 0.25) is 0 Å². The topological polar surface area (TPSA) is 79.0 Å². The summed E-state index contributed by atoms with van der Waals surface area (Å²) < 4.78 is 17.9. The molecule has 1 unspecified atom stereocenters. The summed E-state index contributed by atoms with van der Waals surface area (Å²) in [5, 5.41) is 0. The number of ether oxygens (including phenoxy) is 1. The lowest BCUT2D eigenvalue weighted by Gasteiger charge is -2.32. The first-order valence-corrected chi connectivity index (χ1v) is 9.21. The molecule has 1 aromatic heterocycles. The molecule has 26 heavy (non-hydrogen) atoms. The van der Waals surface area contributed by atoms with Crippen molar-refractivity contribution in [3.63, 3.8) is 0 Å². The highest BCUT2D eigenvalue weighted by atomic mass is 16.7. The molecule has 3 heterocycles. The molecule has 2 N–H and O–H groups in total. The fourth-order valence-corrected chi connectivity index (χ4v) is 2.93. The SMILES string of the molecule is CC1(C)OB(c2ccnc(C(C=NC3CCCCO3)=CN)c2)OC1(C)C. The van der Waals surface area contributed by atoms with E-state index in [4.69, 9.17) is 19.8 Å². The molecule has 1 atom stereocenters. The van der Waals surface area contributed by atoms with Gasteiger partial charge in [0.1, 0.15) is 6.23 Å². The molecule has 3 rings (SSSR count). The van der Waals surface area contributed by atoms with Crippen molar-refractivity contribution >= 4 is 24.4 Å². The zero-order chi connectivity index (χ0) is 18.8. The van der Waals surface area contributed by atoms with E-state index in [2.05, 4.69) is 9.98 Å². The van der Waals surface area contributed by atoms with Gasteiger partial charge in [-0.2, -0.15) is 0 Å². The lowest BCUT2D eigenvalue weighted by molar-refractivity contribution is 0.00578. The third-order valence-corrected chi connectivity index (χ3v) is 5.32. The summed E-state index contributed by atoms with van der Waals surface area (Å²) in [5.41, 5.74) is 7.45. The summed E-state index contributed by atoms with van der Waals surface area (Å²) in [6.07, 6.45) is 8.09. The van der Waals surface area contributed by atoms with Crippen LogP contribution in [0.5, 0.6) is 0 Å². The fraction of sp³-hybridized carbons (Fsp3) is 0.579. The Hall–Kier alpha value is -1.70. The number of allylic oxidation sites excluding steroid dienone is 1. The third kappa shape index (κ3) is 4.00. The second-order valence-corrected chi connectivity index (χ2v) is 7.78. The van der Waals surface area contributed by atoms with Crippen LogP contribution in [-0.4, -0.2) is 42.4 Å². The molecule has 2 fully saturated rings. The van der Waals surface area contributed by atoms with Crippen LogP contribution in [0.2, 0.25) is 0 Å². The fourth-order valence-electron chi connectivity index (χ4n) is 2.93. The van der Waals surface area contributed by atoms with E-state index in [-0.39, 0.29) is 17.4 Å². The van der Waals surface area contributed by atoms with Gasteiger partial charge in [0, 0.05) is 30.8 Å². The zero-order valence-corrected chi connectivity index (χ0v) is 16.1. The highest BCUT2D eigenvalue weighted by Crippen LogP contribution is 2.36.